The number of benzene rings is 2. The molecular weight excluding hydrogens is 422 g/mol. The quantitative estimate of drug-likeness (QED) is 0.264. The first-order valence-corrected chi connectivity index (χ1v) is 10.0. The molecule has 1 atom stereocenters. The van der Waals surface area contributed by atoms with Gasteiger partial charge in [0, 0.05) is 34.4 Å². The highest BCUT2D eigenvalue weighted by Gasteiger charge is 2.28. The zero-order chi connectivity index (χ0) is 22.0. The number of fused-ring (bicyclic) bond motifs is 3. The number of ether oxygens (including phenoxy) is 2. The van der Waals surface area contributed by atoms with Gasteiger partial charge in [0.1, 0.15) is 5.75 Å². The monoisotopic (exact) mass is 438 g/mol. The van der Waals surface area contributed by atoms with E-state index in [-0.39, 0.29) is 11.6 Å². The van der Waals surface area contributed by atoms with Crippen molar-refractivity contribution in [3.8, 4) is 28.6 Å². The number of anilines is 1. The highest BCUT2D eigenvalue weighted by molar-refractivity contribution is 7.99. The van der Waals surface area contributed by atoms with Gasteiger partial charge in [-0.25, -0.2) is 0 Å². The summed E-state index contributed by atoms with van der Waals surface area (Å²) in [5, 5.41) is 35.6. The number of hydrogen-bond acceptors (Lipinski definition) is 10. The number of methoxy groups -OCH3 is 1. The summed E-state index contributed by atoms with van der Waals surface area (Å²) in [7, 11) is 1.27. The number of nitrogens with zero attached hydrogens (tertiary/aromatic N) is 4. The van der Waals surface area contributed by atoms with Crippen LogP contribution in [-0.2, 0) is 0 Å². The first kappa shape index (κ1) is 20.4. The van der Waals surface area contributed by atoms with E-state index in [1.165, 1.54) is 24.9 Å². The van der Waals surface area contributed by atoms with E-state index in [4.69, 9.17) is 9.47 Å². The maximum Gasteiger partial charge on any atom is 0.265 e. The number of thioether (sulfide) groups is 1. The Hall–Kier alpha value is -3.86. The maximum atomic E-state index is 12.2. The van der Waals surface area contributed by atoms with Crippen molar-refractivity contribution in [2.45, 2.75) is 11.4 Å². The topological polar surface area (TPSA) is 135 Å². The summed E-state index contributed by atoms with van der Waals surface area (Å²) in [5.74, 6) is -0.169. The molecule has 1 N–H and O–H groups in total. The molecule has 2 aromatic carbocycles. The Morgan fingerprint density at radius 1 is 1.35 bits per heavy atom. The van der Waals surface area contributed by atoms with Crippen LogP contribution in [0.15, 0.2) is 54.2 Å². The van der Waals surface area contributed by atoms with Crippen LogP contribution in [0.1, 0.15) is 11.8 Å². The molecule has 0 saturated heterocycles. The molecule has 10 nitrogen and oxygen atoms in total. The third-order valence-electron chi connectivity index (χ3n) is 4.44. The molecule has 4 rings (SSSR count). The lowest BCUT2D eigenvalue weighted by molar-refractivity contribution is -0.398. The zero-order valence-corrected chi connectivity index (χ0v) is 17.1. The van der Waals surface area contributed by atoms with E-state index < -0.39 is 22.6 Å². The van der Waals surface area contributed by atoms with Crippen LogP contribution in [0, 0.1) is 10.1 Å². The summed E-state index contributed by atoms with van der Waals surface area (Å²) in [5.41, 5.74) is 1.52. The van der Waals surface area contributed by atoms with Crippen LogP contribution in [-0.4, -0.2) is 33.0 Å². The van der Waals surface area contributed by atoms with E-state index in [0.29, 0.717) is 33.4 Å². The Morgan fingerprint density at radius 2 is 2.16 bits per heavy atom. The predicted octanol–water partition coefficient (Wildman–Crippen LogP) is 3.31. The molecule has 2 heterocycles. The van der Waals surface area contributed by atoms with Gasteiger partial charge in [0.2, 0.25) is 11.0 Å². The molecule has 0 bridgehead atoms. The fourth-order valence-electron chi connectivity index (χ4n) is 3.04. The third kappa shape index (κ3) is 3.94. The van der Waals surface area contributed by atoms with Crippen LogP contribution in [0.3, 0.4) is 0 Å². The molecule has 31 heavy (non-hydrogen) atoms. The van der Waals surface area contributed by atoms with Crippen molar-refractivity contribution in [1.82, 2.24) is 15.2 Å². The number of aromatic nitrogens is 3. The molecule has 0 aliphatic carbocycles. The molecule has 158 valence electrons. The van der Waals surface area contributed by atoms with Crippen molar-refractivity contribution in [2.75, 3.05) is 18.2 Å². The fraction of sp³-hybridized carbons (Fsp3) is 0.150. The SMILES string of the molecule is C=CCSc1nnc2c(n1)O[C@@H](c1cc(OC)c([O-])c([N+](=O)[O-])c1)Nc1ccccc1-2. The van der Waals surface area contributed by atoms with Crippen LogP contribution in [0.5, 0.6) is 17.4 Å². The van der Waals surface area contributed by atoms with Crippen molar-refractivity contribution >= 4 is 23.1 Å². The van der Waals surface area contributed by atoms with Gasteiger partial charge >= 0.3 is 0 Å². The largest absolute Gasteiger partial charge is 0.865 e. The fourth-order valence-corrected chi connectivity index (χ4v) is 3.55. The molecule has 0 fully saturated rings. The van der Waals surface area contributed by atoms with Gasteiger partial charge in [-0.2, -0.15) is 4.98 Å². The smallest absolute Gasteiger partial charge is 0.265 e. The molecule has 0 saturated carbocycles. The molecule has 0 spiro atoms. The Balaban J connectivity index is 1.84. The second-order valence-corrected chi connectivity index (χ2v) is 7.35. The number of para-hydroxylation sites is 1. The summed E-state index contributed by atoms with van der Waals surface area (Å²) in [6, 6.07) is 9.89. The van der Waals surface area contributed by atoms with E-state index in [1.807, 2.05) is 24.3 Å². The van der Waals surface area contributed by atoms with Gasteiger partial charge in [-0.3, -0.25) is 10.1 Å². The minimum Gasteiger partial charge on any atom is -0.865 e. The first-order chi connectivity index (χ1) is 15.0. The second-order valence-electron chi connectivity index (χ2n) is 6.36. The maximum absolute atomic E-state index is 12.2. The number of nitrogens with one attached hydrogen (secondary N) is 1. The van der Waals surface area contributed by atoms with Crippen LogP contribution in [0.25, 0.3) is 11.3 Å². The van der Waals surface area contributed by atoms with Crippen molar-refractivity contribution in [3.05, 3.63) is 64.7 Å². The average Bonchev–Trinajstić information content (AvgIpc) is 2.94. The lowest BCUT2D eigenvalue weighted by atomic mass is 10.1. The molecule has 0 amide bonds. The second kappa shape index (κ2) is 8.48. The van der Waals surface area contributed by atoms with Crippen molar-refractivity contribution in [3.63, 3.8) is 0 Å². The minimum atomic E-state index is -0.899. The first-order valence-electron chi connectivity index (χ1n) is 9.06. The van der Waals surface area contributed by atoms with Gasteiger partial charge in [0.05, 0.1) is 12.0 Å². The minimum absolute atomic E-state index is 0.157. The van der Waals surface area contributed by atoms with Gasteiger partial charge < -0.3 is 19.9 Å². The molecule has 11 heteroatoms. The lowest BCUT2D eigenvalue weighted by Crippen LogP contribution is -2.18. The van der Waals surface area contributed by atoms with Crippen LogP contribution < -0.4 is 19.9 Å². The molecule has 3 aromatic rings. The van der Waals surface area contributed by atoms with Crippen molar-refractivity contribution in [2.24, 2.45) is 0 Å². The number of rotatable bonds is 6. The highest BCUT2D eigenvalue weighted by Crippen LogP contribution is 2.42. The Kier molecular flexibility index (Phi) is 5.58. The third-order valence-corrected chi connectivity index (χ3v) is 5.27. The van der Waals surface area contributed by atoms with Crippen molar-refractivity contribution in [1.29, 1.82) is 0 Å². The Morgan fingerprint density at radius 3 is 2.90 bits per heavy atom. The van der Waals surface area contributed by atoms with E-state index in [1.54, 1.807) is 6.08 Å². The number of nitro benzene ring substituents is 1. The van der Waals surface area contributed by atoms with Gasteiger partial charge in [0.25, 0.3) is 5.69 Å². The van der Waals surface area contributed by atoms with Crippen LogP contribution in [0.4, 0.5) is 11.4 Å². The summed E-state index contributed by atoms with van der Waals surface area (Å²) < 4.78 is 11.1. The summed E-state index contributed by atoms with van der Waals surface area (Å²) in [6.07, 6.45) is 0.820. The zero-order valence-electron chi connectivity index (χ0n) is 16.3. The highest BCUT2D eigenvalue weighted by atomic mass is 32.2. The number of nitro groups is 1. The molecule has 0 radical (unpaired) electrons. The van der Waals surface area contributed by atoms with Crippen LogP contribution in [0.2, 0.25) is 0 Å². The van der Waals surface area contributed by atoms with E-state index >= 15 is 0 Å². The predicted molar refractivity (Wildman–Crippen MR) is 112 cm³/mol. The van der Waals surface area contributed by atoms with E-state index in [2.05, 4.69) is 27.1 Å². The standard InChI is InChI=1S/C20H17N5O5S/c1-3-8-31-20-22-19-16(23-24-20)12-6-4-5-7-13(12)21-18(30-19)11-9-14(25(27)28)17(26)15(10-11)29-2/h3-7,9-10,18,21,26H,1,8H2,2H3/p-1/t18-/m0/s1. The molecule has 1 aliphatic heterocycles. The van der Waals surface area contributed by atoms with Gasteiger partial charge in [-0.05, 0) is 12.1 Å². The average molecular weight is 438 g/mol. The number of hydrogen-bond donors (Lipinski definition) is 1. The molecule has 0 unspecified atom stereocenters. The van der Waals surface area contributed by atoms with Gasteiger partial charge in [-0.1, -0.05) is 36.0 Å². The Bertz CT molecular complexity index is 1170. The lowest BCUT2D eigenvalue weighted by Gasteiger charge is -2.21. The summed E-state index contributed by atoms with van der Waals surface area (Å²) >= 11 is 1.34. The Labute approximate surface area is 181 Å². The van der Waals surface area contributed by atoms with Gasteiger partial charge in [-0.15, -0.1) is 16.8 Å². The van der Waals surface area contributed by atoms with Crippen molar-refractivity contribution < 1.29 is 19.5 Å². The molecular formula is C20H16N5O5S-. The summed E-state index contributed by atoms with van der Waals surface area (Å²) in [6.45, 7) is 3.68. The van der Waals surface area contributed by atoms with Crippen LogP contribution >= 0.6 is 11.8 Å². The normalized spacial score (nSPS) is 14.3. The molecule has 1 aliphatic rings. The molecule has 1 aromatic heterocycles. The van der Waals surface area contributed by atoms with E-state index in [0.717, 1.165) is 6.07 Å². The van der Waals surface area contributed by atoms with E-state index in [9.17, 15) is 15.2 Å². The van der Waals surface area contributed by atoms with Gasteiger partial charge in [0.15, 0.2) is 11.9 Å². The summed E-state index contributed by atoms with van der Waals surface area (Å²) in [4.78, 5) is 15.1.